The van der Waals surface area contributed by atoms with Gasteiger partial charge in [-0.2, -0.15) is 0 Å². The number of carbonyl (C=O) groups is 1. The third-order valence-electron chi connectivity index (χ3n) is 5.48. The summed E-state index contributed by atoms with van der Waals surface area (Å²) in [7, 11) is 0. The molecule has 0 atom stereocenters. The van der Waals surface area contributed by atoms with Gasteiger partial charge in [-0.25, -0.2) is 4.79 Å². The van der Waals surface area contributed by atoms with E-state index in [4.69, 9.17) is 9.15 Å². The average Bonchev–Trinajstić information content (AvgIpc) is 3.09. The molecule has 1 aliphatic carbocycles. The highest BCUT2D eigenvalue weighted by Crippen LogP contribution is 2.40. The van der Waals surface area contributed by atoms with Crippen molar-refractivity contribution >= 4 is 12.0 Å². The molecule has 0 bridgehead atoms. The zero-order valence-electron chi connectivity index (χ0n) is 18.3. The van der Waals surface area contributed by atoms with Gasteiger partial charge < -0.3 is 9.15 Å². The standard InChI is InChI=1S/C25H36O3/c1-6-7-8-9-17-27-24(26)23-15-13-21(28-23)18-19(2)12-14-22-20(3)11-10-16-25(22,4)5/h12-15,18H,6-11,16-17H2,1-5H3/b14-12?,19-18+. The lowest BCUT2D eigenvalue weighted by atomic mass is 9.72. The maximum Gasteiger partial charge on any atom is 0.374 e. The van der Waals surface area contributed by atoms with Gasteiger partial charge in [-0.1, -0.05) is 57.8 Å². The monoisotopic (exact) mass is 384 g/mol. The van der Waals surface area contributed by atoms with E-state index in [0.717, 1.165) is 18.4 Å². The summed E-state index contributed by atoms with van der Waals surface area (Å²) in [6, 6.07) is 3.51. The van der Waals surface area contributed by atoms with Crippen LogP contribution in [0.1, 0.15) is 95.9 Å². The second-order valence-corrected chi connectivity index (χ2v) is 8.55. The van der Waals surface area contributed by atoms with Crippen molar-refractivity contribution in [1.29, 1.82) is 0 Å². The molecule has 0 spiro atoms. The van der Waals surface area contributed by atoms with E-state index >= 15 is 0 Å². The quantitative estimate of drug-likeness (QED) is 0.251. The summed E-state index contributed by atoms with van der Waals surface area (Å²) in [5.74, 6) is 0.563. The van der Waals surface area contributed by atoms with Crippen molar-refractivity contribution in [2.24, 2.45) is 5.41 Å². The summed E-state index contributed by atoms with van der Waals surface area (Å²) in [4.78, 5) is 12.1. The van der Waals surface area contributed by atoms with Crippen molar-refractivity contribution in [3.63, 3.8) is 0 Å². The van der Waals surface area contributed by atoms with Crippen LogP contribution in [-0.4, -0.2) is 12.6 Å². The first kappa shape index (κ1) is 22.3. The molecule has 3 heteroatoms. The molecular weight excluding hydrogens is 348 g/mol. The minimum Gasteiger partial charge on any atom is -0.460 e. The largest absolute Gasteiger partial charge is 0.460 e. The Hall–Kier alpha value is -2.03. The van der Waals surface area contributed by atoms with Crippen LogP contribution in [0.25, 0.3) is 6.08 Å². The third-order valence-corrected chi connectivity index (χ3v) is 5.48. The molecular formula is C25H36O3. The first-order valence-corrected chi connectivity index (χ1v) is 10.7. The van der Waals surface area contributed by atoms with E-state index < -0.39 is 0 Å². The zero-order chi connectivity index (χ0) is 20.6. The molecule has 0 unspecified atom stereocenters. The Morgan fingerprint density at radius 2 is 2.04 bits per heavy atom. The number of ether oxygens (including phenoxy) is 1. The molecule has 1 aromatic heterocycles. The van der Waals surface area contributed by atoms with Crippen LogP contribution in [0.2, 0.25) is 0 Å². The van der Waals surface area contributed by atoms with Crippen molar-refractivity contribution < 1.29 is 13.9 Å². The molecule has 1 aromatic rings. The minimum absolute atomic E-state index is 0.234. The van der Waals surface area contributed by atoms with Crippen LogP contribution in [0.5, 0.6) is 0 Å². The molecule has 1 heterocycles. The van der Waals surface area contributed by atoms with Gasteiger partial charge in [0.15, 0.2) is 0 Å². The van der Waals surface area contributed by atoms with Crippen molar-refractivity contribution in [2.75, 3.05) is 6.61 Å². The third kappa shape index (κ3) is 6.54. The number of unbranched alkanes of at least 4 members (excludes halogenated alkanes) is 3. The van der Waals surface area contributed by atoms with Crippen LogP contribution in [0.4, 0.5) is 0 Å². The fourth-order valence-corrected chi connectivity index (χ4v) is 3.80. The van der Waals surface area contributed by atoms with Crippen molar-refractivity contribution in [3.8, 4) is 0 Å². The predicted octanol–water partition coefficient (Wildman–Crippen LogP) is 7.50. The van der Waals surface area contributed by atoms with Gasteiger partial charge in [0.2, 0.25) is 5.76 Å². The van der Waals surface area contributed by atoms with Gasteiger partial charge in [-0.15, -0.1) is 0 Å². The molecule has 154 valence electrons. The highest BCUT2D eigenvalue weighted by atomic mass is 16.5. The molecule has 0 amide bonds. The van der Waals surface area contributed by atoms with Crippen LogP contribution < -0.4 is 0 Å². The van der Waals surface area contributed by atoms with Gasteiger partial charge in [0.05, 0.1) is 6.61 Å². The average molecular weight is 385 g/mol. The van der Waals surface area contributed by atoms with Crippen LogP contribution in [0.3, 0.4) is 0 Å². The fraction of sp³-hybridized carbons (Fsp3) is 0.560. The number of hydrogen-bond donors (Lipinski definition) is 0. The second-order valence-electron chi connectivity index (χ2n) is 8.55. The van der Waals surface area contributed by atoms with E-state index in [1.165, 1.54) is 43.3 Å². The molecule has 0 N–H and O–H groups in total. The summed E-state index contributed by atoms with van der Waals surface area (Å²) in [5, 5.41) is 0. The minimum atomic E-state index is -0.380. The Labute approximate surface area is 170 Å². The highest BCUT2D eigenvalue weighted by molar-refractivity contribution is 5.86. The molecule has 0 aromatic carbocycles. The van der Waals surface area contributed by atoms with Crippen molar-refractivity contribution in [3.05, 3.63) is 52.5 Å². The zero-order valence-corrected chi connectivity index (χ0v) is 18.3. The lowest BCUT2D eigenvalue weighted by Crippen LogP contribution is -2.19. The lowest BCUT2D eigenvalue weighted by molar-refractivity contribution is 0.0461. The first-order valence-electron chi connectivity index (χ1n) is 10.7. The van der Waals surface area contributed by atoms with Gasteiger partial charge in [-0.3, -0.25) is 0 Å². The summed E-state index contributed by atoms with van der Waals surface area (Å²) in [6.07, 6.45) is 14.4. The molecule has 0 radical (unpaired) electrons. The maximum atomic E-state index is 12.1. The van der Waals surface area contributed by atoms with Gasteiger partial charge in [-0.05, 0) is 74.3 Å². The SMILES string of the molecule is CCCCCCOC(=O)c1ccc(/C=C(\C)C=CC2=C(C)CCCC2(C)C)o1. The number of esters is 1. The molecule has 2 rings (SSSR count). The predicted molar refractivity (Wildman–Crippen MR) is 116 cm³/mol. The normalized spacial score (nSPS) is 17.4. The van der Waals surface area contributed by atoms with E-state index in [-0.39, 0.29) is 17.1 Å². The van der Waals surface area contributed by atoms with Gasteiger partial charge in [0.1, 0.15) is 5.76 Å². The van der Waals surface area contributed by atoms with E-state index in [1.807, 2.05) is 12.1 Å². The first-order chi connectivity index (χ1) is 13.3. The van der Waals surface area contributed by atoms with Crippen LogP contribution in [0, 0.1) is 5.41 Å². The van der Waals surface area contributed by atoms with E-state index in [2.05, 4.69) is 46.8 Å². The number of furan rings is 1. The summed E-state index contributed by atoms with van der Waals surface area (Å²) < 4.78 is 10.9. The molecule has 3 nitrogen and oxygen atoms in total. The van der Waals surface area contributed by atoms with Crippen molar-refractivity contribution in [1.82, 2.24) is 0 Å². The van der Waals surface area contributed by atoms with E-state index in [0.29, 0.717) is 12.4 Å². The maximum absolute atomic E-state index is 12.1. The Morgan fingerprint density at radius 3 is 2.75 bits per heavy atom. The molecule has 0 aliphatic heterocycles. The summed E-state index contributed by atoms with van der Waals surface area (Å²) >= 11 is 0. The van der Waals surface area contributed by atoms with Gasteiger partial charge in [0, 0.05) is 0 Å². The molecule has 0 saturated carbocycles. The van der Waals surface area contributed by atoms with Crippen molar-refractivity contribution in [2.45, 2.75) is 79.6 Å². The number of rotatable bonds is 9. The van der Waals surface area contributed by atoms with E-state index in [1.54, 1.807) is 6.07 Å². The fourth-order valence-electron chi connectivity index (χ4n) is 3.80. The second kappa shape index (κ2) is 10.5. The Kier molecular flexibility index (Phi) is 8.35. The number of carbonyl (C=O) groups excluding carboxylic acids is 1. The smallest absolute Gasteiger partial charge is 0.374 e. The molecule has 0 fully saturated rings. The van der Waals surface area contributed by atoms with Crippen LogP contribution >= 0.6 is 0 Å². The lowest BCUT2D eigenvalue weighted by Gasteiger charge is -2.32. The van der Waals surface area contributed by atoms with E-state index in [9.17, 15) is 4.79 Å². The molecule has 28 heavy (non-hydrogen) atoms. The van der Waals surface area contributed by atoms with Crippen LogP contribution in [0.15, 0.2) is 45.4 Å². The van der Waals surface area contributed by atoms with Crippen LogP contribution in [-0.2, 0) is 4.74 Å². The highest BCUT2D eigenvalue weighted by Gasteiger charge is 2.26. The Morgan fingerprint density at radius 1 is 1.25 bits per heavy atom. The number of hydrogen-bond acceptors (Lipinski definition) is 3. The molecule has 0 saturated heterocycles. The Bertz CT molecular complexity index is 744. The van der Waals surface area contributed by atoms with Gasteiger partial charge >= 0.3 is 5.97 Å². The Balaban J connectivity index is 1.95. The van der Waals surface area contributed by atoms with Gasteiger partial charge in [0.25, 0.3) is 0 Å². The molecule has 1 aliphatic rings. The topological polar surface area (TPSA) is 39.4 Å². The number of allylic oxidation sites excluding steroid dienone is 5. The summed E-state index contributed by atoms with van der Waals surface area (Å²) in [5.41, 5.74) is 4.26. The summed E-state index contributed by atoms with van der Waals surface area (Å²) in [6.45, 7) is 11.6.